The summed E-state index contributed by atoms with van der Waals surface area (Å²) in [6, 6.07) is 9.66. The molecule has 2 aromatic rings. The third-order valence-corrected chi connectivity index (χ3v) is 4.36. The predicted octanol–water partition coefficient (Wildman–Crippen LogP) is 4.23. The average Bonchev–Trinajstić information content (AvgIpc) is 3.24. The molecule has 1 N–H and O–H groups in total. The molecule has 4 nitrogen and oxygen atoms in total. The Balaban J connectivity index is 1.75. The first-order valence-corrected chi connectivity index (χ1v) is 8.31. The van der Waals surface area contributed by atoms with Gasteiger partial charge in [-0.25, -0.2) is 9.97 Å². The predicted molar refractivity (Wildman–Crippen MR) is 86.6 cm³/mol. The first-order valence-electron chi connectivity index (χ1n) is 6.70. The number of anilines is 1. The summed E-state index contributed by atoms with van der Waals surface area (Å²) in [6.45, 7) is 1.50. The van der Waals surface area contributed by atoms with Gasteiger partial charge in [0, 0.05) is 29.5 Å². The molecule has 0 saturated heterocycles. The van der Waals surface area contributed by atoms with E-state index in [9.17, 15) is 4.79 Å². The van der Waals surface area contributed by atoms with Gasteiger partial charge in [-0.15, -0.1) is 0 Å². The van der Waals surface area contributed by atoms with E-state index in [-0.39, 0.29) is 5.91 Å². The number of nitrogens with zero attached hydrogens (tertiary/aromatic N) is 2. The first kappa shape index (κ1) is 14.5. The highest BCUT2D eigenvalue weighted by atomic mass is 79.9. The molecule has 0 spiro atoms. The largest absolute Gasteiger partial charge is 0.326 e. The maximum absolute atomic E-state index is 11.0. The molecule has 1 aliphatic carbocycles. The number of hydrogen-bond donors (Lipinski definition) is 1. The molecule has 0 radical (unpaired) electrons. The van der Waals surface area contributed by atoms with Crippen LogP contribution >= 0.6 is 27.7 Å². The van der Waals surface area contributed by atoms with Crippen LogP contribution in [-0.2, 0) is 4.79 Å². The van der Waals surface area contributed by atoms with Crippen molar-refractivity contribution in [3.05, 3.63) is 40.8 Å². The Hall–Kier alpha value is -1.40. The van der Waals surface area contributed by atoms with Gasteiger partial charge in [-0.3, -0.25) is 4.79 Å². The normalized spacial score (nSPS) is 14.0. The number of halogens is 1. The zero-order valence-electron chi connectivity index (χ0n) is 11.5. The lowest BCUT2D eigenvalue weighted by Gasteiger charge is -2.06. The van der Waals surface area contributed by atoms with E-state index < -0.39 is 0 Å². The van der Waals surface area contributed by atoms with Crippen molar-refractivity contribution in [2.45, 2.75) is 35.6 Å². The Bertz CT molecular complexity index is 671. The van der Waals surface area contributed by atoms with E-state index in [1.165, 1.54) is 19.8 Å². The van der Waals surface area contributed by atoms with Gasteiger partial charge in [0.25, 0.3) is 0 Å². The van der Waals surface area contributed by atoms with E-state index in [2.05, 4.69) is 31.2 Å². The molecule has 0 bridgehead atoms. The summed E-state index contributed by atoms with van der Waals surface area (Å²) in [4.78, 5) is 21.1. The highest BCUT2D eigenvalue weighted by molar-refractivity contribution is 9.10. The van der Waals surface area contributed by atoms with Crippen molar-refractivity contribution in [1.29, 1.82) is 0 Å². The summed E-state index contributed by atoms with van der Waals surface area (Å²) in [5.74, 6) is 1.40. The summed E-state index contributed by atoms with van der Waals surface area (Å²) in [6.07, 6.45) is 2.37. The maximum atomic E-state index is 11.0. The quantitative estimate of drug-likeness (QED) is 0.825. The van der Waals surface area contributed by atoms with Gasteiger partial charge in [-0.1, -0.05) is 11.8 Å². The fourth-order valence-electron chi connectivity index (χ4n) is 1.92. The van der Waals surface area contributed by atoms with Crippen molar-refractivity contribution in [2.24, 2.45) is 0 Å². The molecule has 1 amide bonds. The smallest absolute Gasteiger partial charge is 0.221 e. The van der Waals surface area contributed by atoms with Gasteiger partial charge in [0.1, 0.15) is 15.5 Å². The lowest BCUT2D eigenvalue weighted by Crippen LogP contribution is -2.05. The van der Waals surface area contributed by atoms with Crippen LogP contribution in [0.4, 0.5) is 5.69 Å². The third kappa shape index (κ3) is 4.04. The lowest BCUT2D eigenvalue weighted by molar-refractivity contribution is -0.114. The molecular formula is C15H14BrN3OS. The van der Waals surface area contributed by atoms with Crippen molar-refractivity contribution in [2.75, 3.05) is 5.32 Å². The molecule has 1 fully saturated rings. The lowest BCUT2D eigenvalue weighted by atomic mass is 10.3. The van der Waals surface area contributed by atoms with E-state index in [1.54, 1.807) is 11.8 Å². The molecule has 1 heterocycles. The second-order valence-electron chi connectivity index (χ2n) is 4.97. The number of hydrogen-bond acceptors (Lipinski definition) is 4. The fourth-order valence-corrected chi connectivity index (χ4v) is 3.29. The standard InChI is InChI=1S/C15H14BrN3OS/c1-9(20)17-11-4-6-12(7-5-11)21-14-8-13(16)18-15(19-14)10-2-3-10/h4-8,10H,2-3H2,1H3,(H,17,20). The maximum Gasteiger partial charge on any atom is 0.221 e. The van der Waals surface area contributed by atoms with Crippen LogP contribution in [0.3, 0.4) is 0 Å². The van der Waals surface area contributed by atoms with Gasteiger partial charge in [-0.05, 0) is 53.0 Å². The van der Waals surface area contributed by atoms with Gasteiger partial charge in [0.15, 0.2) is 0 Å². The Labute approximate surface area is 135 Å². The summed E-state index contributed by atoms with van der Waals surface area (Å²) >= 11 is 5.04. The minimum Gasteiger partial charge on any atom is -0.326 e. The fraction of sp³-hybridized carbons (Fsp3) is 0.267. The molecule has 0 aliphatic heterocycles. The first-order chi connectivity index (χ1) is 10.1. The second-order valence-corrected chi connectivity index (χ2v) is 6.88. The molecule has 108 valence electrons. The van der Waals surface area contributed by atoms with Crippen LogP contribution in [-0.4, -0.2) is 15.9 Å². The molecular weight excluding hydrogens is 350 g/mol. The van der Waals surface area contributed by atoms with Crippen molar-refractivity contribution in [3.8, 4) is 0 Å². The molecule has 0 unspecified atom stereocenters. The summed E-state index contributed by atoms with van der Waals surface area (Å²) in [5, 5.41) is 3.69. The van der Waals surface area contributed by atoms with Crippen molar-refractivity contribution < 1.29 is 4.79 Å². The van der Waals surface area contributed by atoms with Crippen LogP contribution in [0.25, 0.3) is 0 Å². The topological polar surface area (TPSA) is 54.9 Å². The van der Waals surface area contributed by atoms with Gasteiger partial charge < -0.3 is 5.32 Å². The molecule has 1 aliphatic rings. The number of rotatable bonds is 4. The number of carbonyl (C=O) groups excluding carboxylic acids is 1. The minimum absolute atomic E-state index is 0.0655. The Morgan fingerprint density at radius 3 is 2.62 bits per heavy atom. The van der Waals surface area contributed by atoms with Crippen LogP contribution in [0, 0.1) is 0 Å². The van der Waals surface area contributed by atoms with Crippen molar-refractivity contribution >= 4 is 39.3 Å². The zero-order chi connectivity index (χ0) is 14.8. The van der Waals surface area contributed by atoms with Crippen LogP contribution < -0.4 is 5.32 Å². The van der Waals surface area contributed by atoms with Crippen LogP contribution in [0.2, 0.25) is 0 Å². The molecule has 0 atom stereocenters. The van der Waals surface area contributed by atoms with Gasteiger partial charge in [0.05, 0.1) is 0 Å². The minimum atomic E-state index is -0.0655. The van der Waals surface area contributed by atoms with Crippen LogP contribution in [0.5, 0.6) is 0 Å². The Kier molecular flexibility index (Phi) is 4.26. The van der Waals surface area contributed by atoms with Gasteiger partial charge >= 0.3 is 0 Å². The van der Waals surface area contributed by atoms with Crippen LogP contribution in [0.1, 0.15) is 31.5 Å². The van der Waals surface area contributed by atoms with Gasteiger partial charge in [0.2, 0.25) is 5.91 Å². The van der Waals surface area contributed by atoms with Crippen LogP contribution in [0.15, 0.2) is 44.9 Å². The van der Waals surface area contributed by atoms with E-state index in [4.69, 9.17) is 0 Å². The van der Waals surface area contributed by atoms with Crippen molar-refractivity contribution in [3.63, 3.8) is 0 Å². The van der Waals surface area contributed by atoms with E-state index in [1.807, 2.05) is 30.3 Å². The summed E-state index contributed by atoms with van der Waals surface area (Å²) in [5.41, 5.74) is 0.800. The molecule has 6 heteroatoms. The molecule has 1 saturated carbocycles. The SMILES string of the molecule is CC(=O)Nc1ccc(Sc2cc(Br)nc(C3CC3)n2)cc1. The second kappa shape index (κ2) is 6.15. The zero-order valence-corrected chi connectivity index (χ0v) is 13.9. The monoisotopic (exact) mass is 363 g/mol. The molecule has 1 aromatic carbocycles. The highest BCUT2D eigenvalue weighted by Crippen LogP contribution is 2.39. The average molecular weight is 364 g/mol. The molecule has 1 aromatic heterocycles. The number of amides is 1. The number of aromatic nitrogens is 2. The van der Waals surface area contributed by atoms with E-state index in [0.717, 1.165) is 26.0 Å². The number of benzene rings is 1. The highest BCUT2D eigenvalue weighted by Gasteiger charge is 2.27. The third-order valence-electron chi connectivity index (χ3n) is 3.03. The summed E-state index contributed by atoms with van der Waals surface area (Å²) < 4.78 is 0.830. The summed E-state index contributed by atoms with van der Waals surface area (Å²) in [7, 11) is 0. The molecule has 21 heavy (non-hydrogen) atoms. The Morgan fingerprint density at radius 2 is 2.00 bits per heavy atom. The van der Waals surface area contributed by atoms with E-state index >= 15 is 0 Å². The number of nitrogens with one attached hydrogen (secondary N) is 1. The van der Waals surface area contributed by atoms with Gasteiger partial charge in [-0.2, -0.15) is 0 Å². The van der Waals surface area contributed by atoms with E-state index in [0.29, 0.717) is 5.92 Å². The molecule has 3 rings (SSSR count). The number of carbonyl (C=O) groups is 1. The van der Waals surface area contributed by atoms with Crippen molar-refractivity contribution in [1.82, 2.24) is 9.97 Å². The Morgan fingerprint density at radius 1 is 1.29 bits per heavy atom.